The van der Waals surface area contributed by atoms with Gasteiger partial charge >= 0.3 is 0 Å². The van der Waals surface area contributed by atoms with Crippen LogP contribution in [0.4, 0.5) is 0 Å². The second-order valence-corrected chi connectivity index (χ2v) is 3.60. The summed E-state index contributed by atoms with van der Waals surface area (Å²) in [7, 11) is 1.18. The average Bonchev–Trinajstić information content (AvgIpc) is 2.39. The van der Waals surface area contributed by atoms with Gasteiger partial charge in [0.25, 0.3) is 0 Å². The predicted molar refractivity (Wildman–Crippen MR) is 48.1 cm³/mol. The van der Waals surface area contributed by atoms with Crippen molar-refractivity contribution in [3.05, 3.63) is 0 Å². The minimum Gasteiger partial charge on any atom is -0.375 e. The lowest BCUT2D eigenvalue weighted by atomic mass is 9.90. The topological polar surface area (TPSA) is 38.7 Å². The van der Waals surface area contributed by atoms with Crippen LogP contribution in [-0.4, -0.2) is 24.6 Å². The van der Waals surface area contributed by atoms with Crippen molar-refractivity contribution in [3.63, 3.8) is 0 Å². The molecule has 0 bridgehead atoms. The van der Waals surface area contributed by atoms with Gasteiger partial charge in [0.15, 0.2) is 0 Å². The lowest BCUT2D eigenvalue weighted by Gasteiger charge is -2.27. The molecule has 1 fully saturated rings. The molecule has 0 spiro atoms. The van der Waals surface area contributed by atoms with Crippen LogP contribution in [0.3, 0.4) is 0 Å². The van der Waals surface area contributed by atoms with Crippen LogP contribution in [0, 0.1) is 5.92 Å². The molecule has 1 atom stereocenters. The van der Waals surface area contributed by atoms with E-state index in [4.69, 9.17) is 9.99 Å². The maximum absolute atomic E-state index is 7.07. The van der Waals surface area contributed by atoms with Gasteiger partial charge in [-0.15, -0.1) is 0 Å². The van der Waals surface area contributed by atoms with Crippen molar-refractivity contribution in [2.45, 2.75) is 39.2 Å². The summed E-state index contributed by atoms with van der Waals surface area (Å²) in [6.07, 6.45) is 2.49. The quantitative estimate of drug-likeness (QED) is 0.492. The fraction of sp³-hybridized carbons (Fsp3) is 1.00. The average molecular weight is 176 g/mol. The highest BCUT2D eigenvalue weighted by Gasteiger charge is 2.32. The molecule has 0 aromatic heterocycles. The van der Waals surface area contributed by atoms with Gasteiger partial charge in [-0.3, -0.25) is 5.26 Å². The molecule has 0 aromatic carbocycles. The van der Waals surface area contributed by atoms with Crippen molar-refractivity contribution >= 4 is 0 Å². The Bertz CT molecular complexity index is 106. The van der Waals surface area contributed by atoms with E-state index >= 15 is 0 Å². The summed E-state index contributed by atoms with van der Waals surface area (Å²) in [5, 5.41) is 7.07. The van der Waals surface area contributed by atoms with Gasteiger partial charge in [-0.2, -0.15) is 0 Å². The zero-order valence-corrected chi connectivity index (χ0v) is 8.46. The van der Waals surface area contributed by atoms with Gasteiger partial charge in [0, 0.05) is 6.61 Å². The highest BCUT2D eigenvalue weighted by atomic mass is 17.1. The fourth-order valence-corrected chi connectivity index (χ4v) is 1.26. The van der Waals surface area contributed by atoms with Gasteiger partial charge in [0.2, 0.25) is 0 Å². The number of ether oxygens (including phenoxy) is 1. The first kappa shape index (κ1) is 11.9. The Morgan fingerprint density at radius 1 is 1.50 bits per heavy atom. The number of hydrogen-bond donors (Lipinski definition) is 1. The molecule has 12 heavy (non-hydrogen) atoms. The summed E-state index contributed by atoms with van der Waals surface area (Å²) in [5.74, 6) is 0.667. The molecule has 0 aromatic rings. The normalized spacial score (nSPS) is 28.5. The third kappa shape index (κ3) is 3.52. The smallest absolute Gasteiger partial charge is 0.0710 e. The van der Waals surface area contributed by atoms with Crippen molar-refractivity contribution in [2.75, 3.05) is 13.7 Å². The Morgan fingerprint density at radius 2 is 2.00 bits per heavy atom. The Labute approximate surface area is 74.6 Å². The Balaban J connectivity index is 0.000000354. The van der Waals surface area contributed by atoms with E-state index in [0.717, 1.165) is 6.61 Å². The SMILES string of the molecule is CC(C)C1(C)CCCO1.COO. The third-order valence-electron chi connectivity index (χ3n) is 2.47. The summed E-state index contributed by atoms with van der Waals surface area (Å²) in [4.78, 5) is 3.25. The van der Waals surface area contributed by atoms with Crippen LogP contribution in [0.15, 0.2) is 0 Å². The molecule has 3 heteroatoms. The molecule has 0 radical (unpaired) electrons. The van der Waals surface area contributed by atoms with Gasteiger partial charge in [-0.05, 0) is 25.7 Å². The molecule has 1 unspecified atom stereocenters. The van der Waals surface area contributed by atoms with Crippen molar-refractivity contribution in [1.82, 2.24) is 0 Å². The molecule has 1 heterocycles. The zero-order valence-electron chi connectivity index (χ0n) is 8.46. The molecule has 0 aliphatic carbocycles. The minimum absolute atomic E-state index is 0.194. The molecule has 1 rings (SSSR count). The molecular formula is C9H20O3. The molecule has 1 N–H and O–H groups in total. The molecule has 1 saturated heterocycles. The van der Waals surface area contributed by atoms with Crippen LogP contribution in [0.2, 0.25) is 0 Å². The molecule has 0 amide bonds. The Kier molecular flexibility index (Phi) is 5.46. The van der Waals surface area contributed by atoms with E-state index in [-0.39, 0.29) is 5.60 Å². The zero-order chi connectivity index (χ0) is 9.61. The summed E-state index contributed by atoms with van der Waals surface area (Å²) in [5.41, 5.74) is 0.194. The second-order valence-electron chi connectivity index (χ2n) is 3.60. The van der Waals surface area contributed by atoms with E-state index in [1.165, 1.54) is 20.0 Å². The number of rotatable bonds is 1. The van der Waals surface area contributed by atoms with Gasteiger partial charge in [-0.1, -0.05) is 13.8 Å². The summed E-state index contributed by atoms with van der Waals surface area (Å²) in [6.45, 7) is 7.63. The molecule has 0 saturated carbocycles. The first-order valence-corrected chi connectivity index (χ1v) is 4.38. The van der Waals surface area contributed by atoms with Crippen molar-refractivity contribution in [3.8, 4) is 0 Å². The van der Waals surface area contributed by atoms with Gasteiger partial charge in [0.1, 0.15) is 0 Å². The lowest BCUT2D eigenvalue weighted by molar-refractivity contribution is -0.214. The minimum atomic E-state index is 0.194. The van der Waals surface area contributed by atoms with E-state index < -0.39 is 0 Å². The lowest BCUT2D eigenvalue weighted by Crippen LogP contribution is -2.29. The maximum Gasteiger partial charge on any atom is 0.0710 e. The van der Waals surface area contributed by atoms with E-state index in [9.17, 15) is 0 Å². The maximum atomic E-state index is 7.07. The van der Waals surface area contributed by atoms with Crippen molar-refractivity contribution < 1.29 is 14.9 Å². The summed E-state index contributed by atoms with van der Waals surface area (Å²) < 4.78 is 5.60. The van der Waals surface area contributed by atoms with E-state index in [1.54, 1.807) is 0 Å². The van der Waals surface area contributed by atoms with E-state index in [1.807, 2.05) is 0 Å². The summed E-state index contributed by atoms with van der Waals surface area (Å²) >= 11 is 0. The highest BCUT2D eigenvalue weighted by molar-refractivity contribution is 4.82. The molecular weight excluding hydrogens is 156 g/mol. The molecule has 74 valence electrons. The largest absolute Gasteiger partial charge is 0.375 e. The molecule has 1 aliphatic rings. The predicted octanol–water partition coefficient (Wildman–Crippen LogP) is 2.32. The molecule has 3 nitrogen and oxygen atoms in total. The fourth-order valence-electron chi connectivity index (χ4n) is 1.26. The Morgan fingerprint density at radius 3 is 2.17 bits per heavy atom. The second kappa shape index (κ2) is 5.51. The highest BCUT2D eigenvalue weighted by Crippen LogP contribution is 2.31. The van der Waals surface area contributed by atoms with Gasteiger partial charge in [0.05, 0.1) is 12.7 Å². The van der Waals surface area contributed by atoms with Crippen LogP contribution in [0.1, 0.15) is 33.6 Å². The van der Waals surface area contributed by atoms with Crippen LogP contribution >= 0.6 is 0 Å². The van der Waals surface area contributed by atoms with Crippen LogP contribution < -0.4 is 0 Å². The van der Waals surface area contributed by atoms with Crippen molar-refractivity contribution in [1.29, 1.82) is 0 Å². The van der Waals surface area contributed by atoms with E-state index in [0.29, 0.717) is 5.92 Å². The van der Waals surface area contributed by atoms with Gasteiger partial charge < -0.3 is 4.74 Å². The van der Waals surface area contributed by atoms with Crippen LogP contribution in [0.25, 0.3) is 0 Å². The number of hydrogen-bond acceptors (Lipinski definition) is 3. The monoisotopic (exact) mass is 176 g/mol. The summed E-state index contributed by atoms with van der Waals surface area (Å²) in [6, 6.07) is 0. The first-order chi connectivity index (χ1) is 5.56. The van der Waals surface area contributed by atoms with Crippen LogP contribution in [-0.2, 0) is 9.62 Å². The first-order valence-electron chi connectivity index (χ1n) is 4.38. The van der Waals surface area contributed by atoms with E-state index in [2.05, 4.69) is 25.7 Å². The standard InChI is InChI=1S/C8H16O.CH4O2/c1-7(2)8(3)5-4-6-9-8;1-3-2/h7H,4-6H2,1-3H3;2H,1H3. The van der Waals surface area contributed by atoms with Gasteiger partial charge in [-0.25, -0.2) is 4.89 Å². The van der Waals surface area contributed by atoms with Crippen LogP contribution in [0.5, 0.6) is 0 Å². The van der Waals surface area contributed by atoms with Crippen molar-refractivity contribution in [2.24, 2.45) is 5.92 Å². The third-order valence-corrected chi connectivity index (χ3v) is 2.47. The Hall–Kier alpha value is -0.120. The molecule has 1 aliphatic heterocycles.